The van der Waals surface area contributed by atoms with E-state index in [0.29, 0.717) is 12.5 Å². The molecular formula is C11H20N4O. The zero-order chi connectivity index (χ0) is 12.0. The van der Waals surface area contributed by atoms with Gasteiger partial charge < -0.3 is 15.6 Å². The summed E-state index contributed by atoms with van der Waals surface area (Å²) in [5, 5.41) is 2.81. The molecule has 0 aliphatic carbocycles. The molecule has 90 valence electrons. The van der Waals surface area contributed by atoms with Gasteiger partial charge in [-0.2, -0.15) is 0 Å². The largest absolute Gasteiger partial charge is 0.353 e. The molecule has 0 aliphatic rings. The van der Waals surface area contributed by atoms with Crippen molar-refractivity contribution >= 4 is 5.91 Å². The molecule has 0 radical (unpaired) electrons. The fourth-order valence-corrected chi connectivity index (χ4v) is 1.47. The van der Waals surface area contributed by atoms with Gasteiger partial charge in [-0.05, 0) is 12.3 Å². The minimum atomic E-state index is -0.400. The van der Waals surface area contributed by atoms with E-state index in [9.17, 15) is 4.79 Å². The molecule has 1 atom stereocenters. The molecule has 0 aromatic carbocycles. The molecule has 0 saturated heterocycles. The van der Waals surface area contributed by atoms with Crippen molar-refractivity contribution in [3.63, 3.8) is 0 Å². The number of nitrogens with zero attached hydrogens (tertiary/aromatic N) is 2. The number of nitrogens with one attached hydrogen (secondary N) is 1. The monoisotopic (exact) mass is 224 g/mol. The summed E-state index contributed by atoms with van der Waals surface area (Å²) in [4.78, 5) is 15.5. The standard InChI is InChI=1S/C11H20N4O/c1-9(2)7-10(12)11(16)14-4-6-15-5-3-13-8-15/h3,5,8-10H,4,6-7,12H2,1-2H3,(H,14,16). The van der Waals surface area contributed by atoms with Crippen molar-refractivity contribution in [1.82, 2.24) is 14.9 Å². The molecule has 1 aromatic rings. The number of hydrogen-bond acceptors (Lipinski definition) is 3. The van der Waals surface area contributed by atoms with E-state index in [1.54, 1.807) is 12.5 Å². The van der Waals surface area contributed by atoms with Crippen molar-refractivity contribution < 1.29 is 4.79 Å². The molecule has 1 heterocycles. The quantitative estimate of drug-likeness (QED) is 0.733. The van der Waals surface area contributed by atoms with Crippen molar-refractivity contribution in [2.24, 2.45) is 11.7 Å². The Bertz CT molecular complexity index is 308. The first-order valence-electron chi connectivity index (χ1n) is 5.58. The van der Waals surface area contributed by atoms with Crippen molar-refractivity contribution in [2.75, 3.05) is 6.54 Å². The van der Waals surface area contributed by atoms with Crippen LogP contribution in [0.1, 0.15) is 20.3 Å². The van der Waals surface area contributed by atoms with Crippen LogP contribution in [0.2, 0.25) is 0 Å². The van der Waals surface area contributed by atoms with Crippen LogP contribution in [0.5, 0.6) is 0 Å². The molecule has 0 saturated carbocycles. The van der Waals surface area contributed by atoms with Crippen LogP contribution in [0.4, 0.5) is 0 Å². The third-order valence-corrected chi connectivity index (χ3v) is 2.29. The highest BCUT2D eigenvalue weighted by Gasteiger charge is 2.13. The molecule has 0 fully saturated rings. The lowest BCUT2D eigenvalue weighted by Crippen LogP contribution is -2.42. The molecule has 1 unspecified atom stereocenters. The second-order valence-corrected chi connectivity index (χ2v) is 4.33. The van der Waals surface area contributed by atoms with E-state index in [0.717, 1.165) is 13.0 Å². The summed E-state index contributed by atoms with van der Waals surface area (Å²) in [6, 6.07) is -0.400. The Morgan fingerprint density at radius 3 is 2.88 bits per heavy atom. The van der Waals surface area contributed by atoms with E-state index in [1.165, 1.54) is 0 Å². The zero-order valence-corrected chi connectivity index (χ0v) is 9.89. The van der Waals surface area contributed by atoms with Crippen molar-refractivity contribution in [2.45, 2.75) is 32.9 Å². The number of amides is 1. The smallest absolute Gasteiger partial charge is 0.236 e. The molecule has 5 heteroatoms. The SMILES string of the molecule is CC(C)CC(N)C(=O)NCCn1ccnc1. The maximum absolute atomic E-state index is 11.5. The third kappa shape index (κ3) is 4.44. The van der Waals surface area contributed by atoms with Crippen molar-refractivity contribution in [3.05, 3.63) is 18.7 Å². The highest BCUT2D eigenvalue weighted by Crippen LogP contribution is 2.02. The molecule has 1 rings (SSSR count). The first kappa shape index (κ1) is 12.7. The van der Waals surface area contributed by atoms with Crippen LogP contribution in [0.25, 0.3) is 0 Å². The Morgan fingerprint density at radius 1 is 1.56 bits per heavy atom. The van der Waals surface area contributed by atoms with Crippen molar-refractivity contribution in [3.8, 4) is 0 Å². The molecule has 3 N–H and O–H groups in total. The summed E-state index contributed by atoms with van der Waals surface area (Å²) >= 11 is 0. The highest BCUT2D eigenvalue weighted by molar-refractivity contribution is 5.81. The van der Waals surface area contributed by atoms with Gasteiger partial charge in [0.1, 0.15) is 0 Å². The first-order valence-corrected chi connectivity index (χ1v) is 5.58. The number of imidazole rings is 1. The third-order valence-electron chi connectivity index (χ3n) is 2.29. The predicted octanol–water partition coefficient (Wildman–Crippen LogP) is 0.373. The van der Waals surface area contributed by atoms with Gasteiger partial charge in [-0.15, -0.1) is 0 Å². The van der Waals surface area contributed by atoms with Gasteiger partial charge in [0.15, 0.2) is 0 Å². The number of carbonyl (C=O) groups excluding carboxylic acids is 1. The summed E-state index contributed by atoms with van der Waals surface area (Å²) in [5.74, 6) is 0.364. The maximum atomic E-state index is 11.5. The molecule has 16 heavy (non-hydrogen) atoms. The molecule has 0 bridgehead atoms. The van der Waals surface area contributed by atoms with Crippen LogP contribution in [0, 0.1) is 5.92 Å². The van der Waals surface area contributed by atoms with E-state index >= 15 is 0 Å². The van der Waals surface area contributed by atoms with Gasteiger partial charge in [-0.1, -0.05) is 13.8 Å². The highest BCUT2D eigenvalue weighted by atomic mass is 16.2. The van der Waals surface area contributed by atoms with Gasteiger partial charge in [0.05, 0.1) is 12.4 Å². The van der Waals surface area contributed by atoms with E-state index in [-0.39, 0.29) is 5.91 Å². The summed E-state index contributed by atoms with van der Waals surface area (Å²) in [6.07, 6.45) is 6.02. The number of rotatable bonds is 6. The van der Waals surface area contributed by atoms with Gasteiger partial charge in [-0.25, -0.2) is 4.98 Å². The summed E-state index contributed by atoms with van der Waals surface area (Å²) < 4.78 is 1.91. The summed E-state index contributed by atoms with van der Waals surface area (Å²) in [6.45, 7) is 5.42. The van der Waals surface area contributed by atoms with E-state index < -0.39 is 6.04 Å². The molecule has 5 nitrogen and oxygen atoms in total. The molecule has 1 amide bonds. The van der Waals surface area contributed by atoms with Crippen LogP contribution in [0.15, 0.2) is 18.7 Å². The van der Waals surface area contributed by atoms with Crippen LogP contribution >= 0.6 is 0 Å². The van der Waals surface area contributed by atoms with Gasteiger partial charge in [0.25, 0.3) is 0 Å². The fourth-order valence-electron chi connectivity index (χ4n) is 1.47. The topological polar surface area (TPSA) is 72.9 Å². The average molecular weight is 224 g/mol. The number of carbonyl (C=O) groups is 1. The second-order valence-electron chi connectivity index (χ2n) is 4.33. The number of aromatic nitrogens is 2. The number of hydrogen-bond donors (Lipinski definition) is 2. The van der Waals surface area contributed by atoms with Gasteiger partial charge in [0, 0.05) is 25.5 Å². The minimum Gasteiger partial charge on any atom is -0.353 e. The Kier molecular flexibility index (Phi) is 4.98. The molecule has 0 spiro atoms. The van der Waals surface area contributed by atoms with Crippen LogP contribution in [-0.4, -0.2) is 28.0 Å². The Hall–Kier alpha value is -1.36. The predicted molar refractivity (Wildman–Crippen MR) is 62.7 cm³/mol. The van der Waals surface area contributed by atoms with Crippen LogP contribution < -0.4 is 11.1 Å². The Labute approximate surface area is 96.0 Å². The molecule has 1 aromatic heterocycles. The normalized spacial score (nSPS) is 12.8. The second kappa shape index (κ2) is 6.27. The van der Waals surface area contributed by atoms with Crippen LogP contribution in [0.3, 0.4) is 0 Å². The minimum absolute atomic E-state index is 0.0752. The Balaban J connectivity index is 2.19. The lowest BCUT2D eigenvalue weighted by molar-refractivity contribution is -0.122. The molecule has 0 aliphatic heterocycles. The first-order chi connectivity index (χ1) is 7.59. The summed E-state index contributed by atoms with van der Waals surface area (Å²) in [7, 11) is 0. The average Bonchev–Trinajstić information content (AvgIpc) is 2.69. The van der Waals surface area contributed by atoms with E-state index in [1.807, 2.05) is 10.8 Å². The lowest BCUT2D eigenvalue weighted by atomic mass is 10.0. The summed E-state index contributed by atoms with van der Waals surface area (Å²) in [5.41, 5.74) is 5.75. The van der Waals surface area contributed by atoms with E-state index in [4.69, 9.17) is 5.73 Å². The maximum Gasteiger partial charge on any atom is 0.236 e. The Morgan fingerprint density at radius 2 is 2.31 bits per heavy atom. The lowest BCUT2D eigenvalue weighted by Gasteiger charge is -2.14. The number of nitrogens with two attached hydrogens (primary N) is 1. The van der Waals surface area contributed by atoms with Crippen LogP contribution in [-0.2, 0) is 11.3 Å². The zero-order valence-electron chi connectivity index (χ0n) is 9.89. The van der Waals surface area contributed by atoms with Crippen molar-refractivity contribution in [1.29, 1.82) is 0 Å². The fraction of sp³-hybridized carbons (Fsp3) is 0.636. The molecular weight excluding hydrogens is 204 g/mol. The van der Waals surface area contributed by atoms with Gasteiger partial charge >= 0.3 is 0 Å². The van der Waals surface area contributed by atoms with Gasteiger partial charge in [0.2, 0.25) is 5.91 Å². The van der Waals surface area contributed by atoms with E-state index in [2.05, 4.69) is 24.1 Å². The van der Waals surface area contributed by atoms with Gasteiger partial charge in [-0.3, -0.25) is 4.79 Å².